The summed E-state index contributed by atoms with van der Waals surface area (Å²) in [5.74, 6) is -4.78. The fraction of sp³-hybridized carbons (Fsp3) is 0.312. The van der Waals surface area contributed by atoms with E-state index in [0.717, 1.165) is 28.6 Å². The number of non-ortho nitro benzene ring substituents is 1. The Morgan fingerprint density at radius 2 is 1.54 bits per heavy atom. The standard InChI is InChI=1S/C30H29N5O6.C2HF3O2/c1-32-14-22(20-8-3-4-9-24(20)32)26-27(23-15-33(2)25-13-19(35(39)40)10-11-21(23)25)29(37)34(28(26)36)16-41-30(38)17-6-5-7-18(31)12-17;3-2(4,5)1(6)7/h3-4,8-11,13-15,17-18H,5-7,12,16,31H2,1-2H3;(H,6,7). The lowest BCUT2D eigenvalue weighted by atomic mass is 9.86. The number of carboxylic acids is 1. The van der Waals surface area contributed by atoms with E-state index in [9.17, 15) is 37.7 Å². The van der Waals surface area contributed by atoms with Gasteiger partial charge >= 0.3 is 18.1 Å². The first kappa shape index (κ1) is 33.8. The van der Waals surface area contributed by atoms with Crippen molar-refractivity contribution in [3.8, 4) is 0 Å². The van der Waals surface area contributed by atoms with Crippen molar-refractivity contribution in [2.45, 2.75) is 37.9 Å². The predicted octanol–water partition coefficient (Wildman–Crippen LogP) is 4.51. The largest absolute Gasteiger partial charge is 0.490 e. The molecule has 1 aliphatic carbocycles. The van der Waals surface area contributed by atoms with E-state index in [0.29, 0.717) is 34.9 Å². The van der Waals surface area contributed by atoms with Crippen LogP contribution in [0, 0.1) is 16.0 Å². The van der Waals surface area contributed by atoms with Crippen LogP contribution in [0.5, 0.6) is 0 Å². The van der Waals surface area contributed by atoms with Crippen LogP contribution in [0.1, 0.15) is 36.8 Å². The Bertz CT molecular complexity index is 2010. The average Bonchev–Trinajstić information content (AvgIpc) is 3.63. The Hall–Kier alpha value is -5.51. The maximum absolute atomic E-state index is 14.0. The van der Waals surface area contributed by atoms with E-state index in [-0.39, 0.29) is 28.8 Å². The van der Waals surface area contributed by atoms with Crippen molar-refractivity contribution in [3.63, 3.8) is 0 Å². The van der Waals surface area contributed by atoms with Gasteiger partial charge in [-0.1, -0.05) is 24.6 Å². The number of nitrogens with zero attached hydrogens (tertiary/aromatic N) is 4. The quantitative estimate of drug-likeness (QED) is 0.129. The molecule has 2 unspecified atom stereocenters. The molecule has 252 valence electrons. The normalized spacial score (nSPS) is 18.3. The molecule has 0 radical (unpaired) electrons. The number of nitrogens with two attached hydrogens (primary N) is 1. The van der Waals surface area contributed by atoms with Crippen molar-refractivity contribution >= 4 is 62.4 Å². The minimum absolute atomic E-state index is 0.0789. The van der Waals surface area contributed by atoms with Crippen LogP contribution in [0.25, 0.3) is 33.0 Å². The number of aliphatic carboxylic acids is 1. The topological polar surface area (TPSA) is 180 Å². The van der Waals surface area contributed by atoms with Gasteiger partial charge in [-0.2, -0.15) is 13.2 Å². The molecule has 1 saturated carbocycles. The van der Waals surface area contributed by atoms with Gasteiger partial charge in [-0.05, 0) is 31.4 Å². The summed E-state index contributed by atoms with van der Waals surface area (Å²) in [7, 11) is 3.59. The number of amides is 2. The number of halogens is 3. The van der Waals surface area contributed by atoms with Crippen LogP contribution in [0.2, 0.25) is 0 Å². The van der Waals surface area contributed by atoms with Crippen LogP contribution >= 0.6 is 0 Å². The van der Waals surface area contributed by atoms with Gasteiger partial charge in [-0.3, -0.25) is 24.5 Å². The zero-order valence-electron chi connectivity index (χ0n) is 25.7. The van der Waals surface area contributed by atoms with Gasteiger partial charge in [0.1, 0.15) is 0 Å². The third-order valence-corrected chi connectivity index (χ3v) is 8.42. The van der Waals surface area contributed by atoms with Gasteiger partial charge in [0.25, 0.3) is 17.5 Å². The molecule has 2 aliphatic rings. The number of imide groups is 1. The molecule has 1 aliphatic heterocycles. The monoisotopic (exact) mass is 669 g/mol. The highest BCUT2D eigenvalue weighted by Gasteiger charge is 2.43. The number of carbonyl (C=O) groups excluding carboxylic acids is 3. The van der Waals surface area contributed by atoms with Crippen molar-refractivity contribution in [1.82, 2.24) is 14.0 Å². The van der Waals surface area contributed by atoms with E-state index in [1.54, 1.807) is 30.1 Å². The van der Waals surface area contributed by atoms with Crippen molar-refractivity contribution in [1.29, 1.82) is 0 Å². The van der Waals surface area contributed by atoms with Crippen LogP contribution in [0.3, 0.4) is 0 Å². The summed E-state index contributed by atoms with van der Waals surface area (Å²) in [6, 6.07) is 11.9. The summed E-state index contributed by atoms with van der Waals surface area (Å²) in [4.78, 5) is 61.7. The van der Waals surface area contributed by atoms with Gasteiger partial charge in [-0.15, -0.1) is 0 Å². The van der Waals surface area contributed by atoms with Gasteiger partial charge in [0.05, 0.1) is 27.5 Å². The molecule has 48 heavy (non-hydrogen) atoms. The van der Waals surface area contributed by atoms with Crippen LogP contribution in [0.15, 0.2) is 54.9 Å². The van der Waals surface area contributed by atoms with Crippen LogP contribution in [0.4, 0.5) is 18.9 Å². The number of nitro groups is 1. The van der Waals surface area contributed by atoms with E-state index in [1.165, 1.54) is 12.1 Å². The zero-order chi connectivity index (χ0) is 35.1. The van der Waals surface area contributed by atoms with Gasteiger partial charge in [0, 0.05) is 72.1 Å². The molecule has 0 spiro atoms. The summed E-state index contributed by atoms with van der Waals surface area (Å²) >= 11 is 0. The Morgan fingerprint density at radius 3 is 2.10 bits per heavy atom. The van der Waals surface area contributed by atoms with Crippen molar-refractivity contribution in [2.24, 2.45) is 25.7 Å². The molecule has 3 heterocycles. The molecular weight excluding hydrogens is 639 g/mol. The zero-order valence-corrected chi connectivity index (χ0v) is 25.7. The average molecular weight is 670 g/mol. The van der Waals surface area contributed by atoms with E-state index in [4.69, 9.17) is 20.4 Å². The Labute approximate surface area is 270 Å². The number of ether oxygens (including phenoxy) is 1. The number of aryl methyl sites for hydroxylation is 2. The number of fused-ring (bicyclic) bond motifs is 2. The van der Waals surface area contributed by atoms with Crippen molar-refractivity contribution in [2.75, 3.05) is 6.73 Å². The second kappa shape index (κ2) is 12.9. The molecule has 0 bridgehead atoms. The number of hydrogen-bond acceptors (Lipinski definition) is 8. The van der Waals surface area contributed by atoms with Crippen molar-refractivity contribution in [3.05, 3.63) is 76.1 Å². The van der Waals surface area contributed by atoms with Crippen molar-refractivity contribution < 1.29 is 47.1 Å². The lowest BCUT2D eigenvalue weighted by Crippen LogP contribution is -2.37. The van der Waals surface area contributed by atoms with E-state index < -0.39 is 41.6 Å². The highest BCUT2D eigenvalue weighted by Crippen LogP contribution is 2.42. The molecule has 16 heteroatoms. The van der Waals surface area contributed by atoms with E-state index in [1.807, 2.05) is 35.9 Å². The lowest BCUT2D eigenvalue weighted by molar-refractivity contribution is -0.384. The Kier molecular flexibility index (Phi) is 9.13. The first-order valence-electron chi connectivity index (χ1n) is 14.7. The van der Waals surface area contributed by atoms with Gasteiger partial charge < -0.3 is 24.7 Å². The van der Waals surface area contributed by atoms with Crippen LogP contribution in [-0.2, 0) is 38.0 Å². The predicted molar refractivity (Wildman–Crippen MR) is 166 cm³/mol. The summed E-state index contributed by atoms with van der Waals surface area (Å²) in [6.45, 7) is -0.518. The highest BCUT2D eigenvalue weighted by molar-refractivity contribution is 6.50. The van der Waals surface area contributed by atoms with E-state index in [2.05, 4.69) is 0 Å². The Balaban J connectivity index is 0.000000582. The maximum atomic E-state index is 14.0. The van der Waals surface area contributed by atoms with Gasteiger partial charge in [0.2, 0.25) is 0 Å². The molecule has 1 fully saturated rings. The fourth-order valence-corrected chi connectivity index (χ4v) is 6.11. The number of nitro benzene ring substituents is 1. The van der Waals surface area contributed by atoms with E-state index >= 15 is 0 Å². The number of carboxylic acid groups (broad SMARTS) is 1. The molecule has 2 aromatic heterocycles. The first-order valence-corrected chi connectivity index (χ1v) is 14.7. The van der Waals surface area contributed by atoms with Gasteiger partial charge in [-0.25, -0.2) is 9.69 Å². The molecule has 0 saturated heterocycles. The Morgan fingerprint density at radius 1 is 0.979 bits per heavy atom. The third-order valence-electron chi connectivity index (χ3n) is 8.42. The summed E-state index contributed by atoms with van der Waals surface area (Å²) in [6.07, 6.45) is 1.25. The first-order chi connectivity index (χ1) is 22.6. The molecule has 3 N–H and O–H groups in total. The molecule has 2 atom stereocenters. The summed E-state index contributed by atoms with van der Waals surface area (Å²) in [5.41, 5.74) is 8.75. The van der Waals surface area contributed by atoms with Gasteiger partial charge in [0.15, 0.2) is 6.73 Å². The molecule has 6 rings (SSSR count). The SMILES string of the molecule is Cn1cc(C2=C(c3cn(C)c4cc([N+](=O)[O-])ccc34)C(=O)N(COC(=O)C3CCCC(N)C3)C2=O)c2ccccc21.O=C(O)C(F)(F)F. The summed E-state index contributed by atoms with van der Waals surface area (Å²) < 4.78 is 40.8. The number of carbonyl (C=O) groups is 4. The molecular formula is C32H30F3N5O8. The number of esters is 1. The number of hydrogen-bond donors (Lipinski definition) is 2. The highest BCUT2D eigenvalue weighted by atomic mass is 19.4. The lowest BCUT2D eigenvalue weighted by Gasteiger charge is -2.25. The third kappa shape index (κ3) is 6.38. The summed E-state index contributed by atoms with van der Waals surface area (Å²) in [5, 5.41) is 19.9. The van der Waals surface area contributed by atoms with Crippen LogP contribution < -0.4 is 5.73 Å². The number of benzene rings is 2. The minimum atomic E-state index is -5.08. The fourth-order valence-electron chi connectivity index (χ4n) is 6.11. The van der Waals surface area contributed by atoms with Crippen LogP contribution in [-0.4, -0.2) is 66.8 Å². The number of para-hydroxylation sites is 1. The smallest absolute Gasteiger partial charge is 0.475 e. The molecule has 2 amide bonds. The maximum Gasteiger partial charge on any atom is 0.490 e. The number of rotatable bonds is 6. The second-order valence-corrected chi connectivity index (χ2v) is 11.6. The molecule has 4 aromatic rings. The molecule has 13 nitrogen and oxygen atoms in total. The number of alkyl halides is 3. The second-order valence-electron chi connectivity index (χ2n) is 11.6. The number of aromatic nitrogens is 2. The molecule has 2 aromatic carbocycles. The minimum Gasteiger partial charge on any atom is -0.475 e.